The third kappa shape index (κ3) is 3.64. The molecule has 156 valence electrons. The zero-order chi connectivity index (χ0) is 21.0. The number of ether oxygens (including phenoxy) is 1. The number of imidazole rings is 1. The van der Waals surface area contributed by atoms with Crippen molar-refractivity contribution in [1.29, 1.82) is 0 Å². The molecule has 0 amide bonds. The second kappa shape index (κ2) is 7.03. The van der Waals surface area contributed by atoms with Gasteiger partial charge in [0.25, 0.3) is 0 Å². The van der Waals surface area contributed by atoms with E-state index in [-0.39, 0.29) is 0 Å². The summed E-state index contributed by atoms with van der Waals surface area (Å²) in [5.74, 6) is -0.391. The van der Waals surface area contributed by atoms with Gasteiger partial charge < -0.3 is 9.64 Å². The van der Waals surface area contributed by atoms with Crippen LogP contribution in [0.3, 0.4) is 0 Å². The van der Waals surface area contributed by atoms with Gasteiger partial charge in [-0.25, -0.2) is 9.78 Å². The Morgan fingerprint density at radius 1 is 1.21 bits per heavy atom. The fourth-order valence-electron chi connectivity index (χ4n) is 4.31. The van der Waals surface area contributed by atoms with Crippen molar-refractivity contribution >= 4 is 23.3 Å². The normalized spacial score (nSPS) is 18.5. The minimum Gasteiger partial charge on any atom is -0.455 e. The number of hydrogen-bond donors (Lipinski definition) is 0. The molecule has 0 bridgehead atoms. The number of esters is 1. The summed E-state index contributed by atoms with van der Waals surface area (Å²) in [5.41, 5.74) is 2.20. The predicted molar refractivity (Wildman–Crippen MR) is 115 cm³/mol. The summed E-state index contributed by atoms with van der Waals surface area (Å²) in [6.07, 6.45) is 4.16. The van der Waals surface area contributed by atoms with Gasteiger partial charge in [-0.3, -0.25) is 9.47 Å². The Morgan fingerprint density at radius 2 is 1.90 bits per heavy atom. The largest absolute Gasteiger partial charge is 0.455 e. The lowest BCUT2D eigenvalue weighted by atomic mass is 9.92. The van der Waals surface area contributed by atoms with E-state index >= 15 is 0 Å². The monoisotopic (exact) mass is 416 g/mol. The van der Waals surface area contributed by atoms with Gasteiger partial charge in [0, 0.05) is 5.02 Å². The number of nitrogens with zero attached hydrogens (tertiary/aromatic N) is 4. The van der Waals surface area contributed by atoms with Crippen LogP contribution in [0.25, 0.3) is 5.69 Å². The quantitative estimate of drug-likeness (QED) is 0.685. The Kier molecular flexibility index (Phi) is 4.90. The molecule has 0 spiro atoms. The number of anilines is 1. The molecular formula is C22H29ClN4O2. The van der Waals surface area contributed by atoms with E-state index in [2.05, 4.69) is 28.6 Å². The number of halogens is 1. The maximum atomic E-state index is 13.0. The number of rotatable bonds is 3. The molecule has 1 fully saturated rings. The van der Waals surface area contributed by atoms with Gasteiger partial charge in [-0.2, -0.15) is 0 Å². The Labute approximate surface area is 177 Å². The van der Waals surface area contributed by atoms with Gasteiger partial charge in [0.1, 0.15) is 11.9 Å². The number of benzene rings is 1. The van der Waals surface area contributed by atoms with E-state index in [1.54, 1.807) is 6.33 Å². The highest BCUT2D eigenvalue weighted by molar-refractivity contribution is 6.31. The zero-order valence-corrected chi connectivity index (χ0v) is 18.6. The first-order valence-electron chi connectivity index (χ1n) is 10.2. The number of hydrogen-bond acceptors (Lipinski definition) is 5. The molecule has 2 aromatic rings. The Hall–Kier alpha value is -2.05. The van der Waals surface area contributed by atoms with E-state index in [0.717, 1.165) is 36.8 Å². The SMILES string of the molecule is CC(C)(C)OC(=O)c1ncn2c1C(C)(C)N(CN1CCCC1)c1cc(Cl)ccc1-2. The minimum atomic E-state index is -0.576. The van der Waals surface area contributed by atoms with Gasteiger partial charge >= 0.3 is 5.97 Å². The van der Waals surface area contributed by atoms with Crippen molar-refractivity contribution in [2.75, 3.05) is 24.7 Å². The van der Waals surface area contributed by atoms with Gasteiger partial charge in [-0.1, -0.05) is 11.6 Å². The molecule has 2 aliphatic heterocycles. The molecule has 0 atom stereocenters. The topological polar surface area (TPSA) is 50.6 Å². The molecule has 2 aliphatic rings. The van der Waals surface area contributed by atoms with Crippen LogP contribution in [-0.2, 0) is 10.3 Å². The van der Waals surface area contributed by atoms with Gasteiger partial charge in [-0.05, 0) is 78.7 Å². The Balaban J connectivity index is 1.84. The highest BCUT2D eigenvalue weighted by atomic mass is 35.5. The van der Waals surface area contributed by atoms with Crippen molar-refractivity contribution in [1.82, 2.24) is 14.5 Å². The van der Waals surface area contributed by atoms with E-state index in [1.807, 2.05) is 43.5 Å². The second-order valence-electron chi connectivity index (χ2n) is 9.40. The van der Waals surface area contributed by atoms with Crippen LogP contribution >= 0.6 is 11.6 Å². The molecule has 3 heterocycles. The average Bonchev–Trinajstić information content (AvgIpc) is 3.27. The van der Waals surface area contributed by atoms with Crippen molar-refractivity contribution in [2.24, 2.45) is 0 Å². The molecule has 0 aliphatic carbocycles. The Morgan fingerprint density at radius 3 is 2.55 bits per heavy atom. The molecule has 4 rings (SSSR count). The standard InChI is InChI=1S/C22H29ClN4O2/c1-21(2,3)29-20(28)18-19-22(4,5)27(14-25-10-6-7-11-25)17-12-15(23)8-9-16(17)26(19)13-24-18/h8-9,12-13H,6-7,10-11,14H2,1-5H3. The molecule has 1 aromatic heterocycles. The summed E-state index contributed by atoms with van der Waals surface area (Å²) in [5, 5.41) is 0.696. The maximum absolute atomic E-state index is 13.0. The van der Waals surface area contributed by atoms with Crippen LogP contribution in [-0.4, -0.2) is 45.8 Å². The molecule has 7 heteroatoms. The molecule has 29 heavy (non-hydrogen) atoms. The number of aromatic nitrogens is 2. The lowest BCUT2D eigenvalue weighted by Gasteiger charge is -2.47. The highest BCUT2D eigenvalue weighted by Crippen LogP contribution is 2.44. The number of carbonyl (C=O) groups is 1. The van der Waals surface area contributed by atoms with Crippen LogP contribution in [0.4, 0.5) is 5.69 Å². The molecule has 0 unspecified atom stereocenters. The first kappa shape index (κ1) is 20.2. The van der Waals surface area contributed by atoms with Gasteiger partial charge in [0.2, 0.25) is 0 Å². The summed E-state index contributed by atoms with van der Waals surface area (Å²) in [7, 11) is 0. The molecule has 0 N–H and O–H groups in total. The van der Waals surface area contributed by atoms with Gasteiger partial charge in [0.05, 0.1) is 29.3 Å². The number of carbonyl (C=O) groups excluding carboxylic acids is 1. The molecule has 0 saturated carbocycles. The molecule has 1 aromatic carbocycles. The van der Waals surface area contributed by atoms with E-state index < -0.39 is 17.1 Å². The predicted octanol–water partition coefficient (Wildman–Crippen LogP) is 4.59. The van der Waals surface area contributed by atoms with E-state index in [0.29, 0.717) is 10.7 Å². The van der Waals surface area contributed by atoms with Crippen LogP contribution in [0.1, 0.15) is 63.6 Å². The molecule has 0 radical (unpaired) electrons. The van der Waals surface area contributed by atoms with E-state index in [1.165, 1.54) is 12.8 Å². The van der Waals surface area contributed by atoms with Crippen LogP contribution in [0.15, 0.2) is 24.5 Å². The summed E-state index contributed by atoms with van der Waals surface area (Å²) in [6, 6.07) is 5.88. The first-order chi connectivity index (χ1) is 13.6. The fraction of sp³-hybridized carbons (Fsp3) is 0.545. The van der Waals surface area contributed by atoms with Crippen LogP contribution < -0.4 is 4.90 Å². The van der Waals surface area contributed by atoms with Crippen LogP contribution in [0.5, 0.6) is 0 Å². The zero-order valence-electron chi connectivity index (χ0n) is 17.8. The van der Waals surface area contributed by atoms with Crippen LogP contribution in [0, 0.1) is 0 Å². The van der Waals surface area contributed by atoms with Gasteiger partial charge in [-0.15, -0.1) is 0 Å². The van der Waals surface area contributed by atoms with Crippen molar-refractivity contribution in [2.45, 2.75) is 58.6 Å². The lowest BCUT2D eigenvalue weighted by molar-refractivity contribution is 0.00601. The summed E-state index contributed by atoms with van der Waals surface area (Å²) in [6.45, 7) is 12.8. The number of fused-ring (bicyclic) bond motifs is 3. The first-order valence-corrected chi connectivity index (χ1v) is 10.6. The lowest BCUT2D eigenvalue weighted by Crippen LogP contribution is -2.51. The molecule has 1 saturated heterocycles. The third-order valence-corrected chi connectivity index (χ3v) is 5.88. The fourth-order valence-corrected chi connectivity index (χ4v) is 4.48. The van der Waals surface area contributed by atoms with Crippen molar-refractivity contribution in [3.8, 4) is 5.69 Å². The van der Waals surface area contributed by atoms with Crippen molar-refractivity contribution in [3.63, 3.8) is 0 Å². The molecular weight excluding hydrogens is 388 g/mol. The second-order valence-corrected chi connectivity index (χ2v) is 9.84. The maximum Gasteiger partial charge on any atom is 0.359 e. The van der Waals surface area contributed by atoms with Crippen molar-refractivity contribution < 1.29 is 9.53 Å². The Bertz CT molecular complexity index is 939. The molecule has 6 nitrogen and oxygen atoms in total. The summed E-state index contributed by atoms with van der Waals surface area (Å²) < 4.78 is 7.66. The van der Waals surface area contributed by atoms with Crippen molar-refractivity contribution in [3.05, 3.63) is 40.9 Å². The smallest absolute Gasteiger partial charge is 0.359 e. The third-order valence-electron chi connectivity index (χ3n) is 5.64. The van der Waals surface area contributed by atoms with E-state index in [4.69, 9.17) is 16.3 Å². The van der Waals surface area contributed by atoms with Crippen LogP contribution in [0.2, 0.25) is 5.02 Å². The van der Waals surface area contributed by atoms with E-state index in [9.17, 15) is 4.79 Å². The average molecular weight is 417 g/mol. The minimum absolute atomic E-state index is 0.372. The summed E-state index contributed by atoms with van der Waals surface area (Å²) in [4.78, 5) is 22.2. The van der Waals surface area contributed by atoms with Gasteiger partial charge in [0.15, 0.2) is 5.69 Å². The highest BCUT2D eigenvalue weighted by Gasteiger charge is 2.43. The summed E-state index contributed by atoms with van der Waals surface area (Å²) >= 11 is 6.37. The number of likely N-dealkylation sites (tertiary alicyclic amines) is 1.